The molecule has 0 saturated carbocycles. The number of hydrogen-bond donors (Lipinski definition) is 3. The van der Waals surface area contributed by atoms with Crippen molar-refractivity contribution < 1.29 is 18.7 Å². The van der Waals surface area contributed by atoms with Crippen LogP contribution in [0, 0.1) is 18.6 Å². The van der Waals surface area contributed by atoms with Crippen molar-refractivity contribution in [2.75, 3.05) is 6.61 Å². The van der Waals surface area contributed by atoms with Crippen molar-refractivity contribution in [2.45, 2.75) is 32.7 Å². The number of carbonyl (C=O) groups is 1. The number of aryl methyl sites for hydroxylation is 2. The number of rotatable bonds is 6. The van der Waals surface area contributed by atoms with E-state index < -0.39 is 0 Å². The third-order valence-corrected chi connectivity index (χ3v) is 4.53. The lowest BCUT2D eigenvalue weighted by Gasteiger charge is -2.11. The minimum Gasteiger partial charge on any atom is -0.394 e. The molecule has 27 heavy (non-hydrogen) atoms. The molecule has 1 aromatic heterocycles. The average molecular weight is 372 g/mol. The molecule has 0 aliphatic carbocycles. The maximum Gasteiger partial charge on any atom is 0.220 e. The fraction of sp³-hybridized carbons (Fsp3) is 0.286. The molecule has 1 amide bonds. The van der Waals surface area contributed by atoms with Gasteiger partial charge in [-0.25, -0.2) is 8.78 Å². The van der Waals surface area contributed by atoms with Gasteiger partial charge in [0, 0.05) is 23.5 Å². The molecule has 0 spiro atoms. The Labute approximate surface area is 156 Å². The molecule has 0 radical (unpaired) electrons. The van der Waals surface area contributed by atoms with Crippen LogP contribution in [0.2, 0.25) is 0 Å². The number of carbonyl (C=O) groups excluding carboxylic acids is 1. The number of H-pyrrole nitrogens is 1. The molecule has 142 valence electrons. The summed E-state index contributed by atoms with van der Waals surface area (Å²) in [4.78, 5) is 15.2. The number of halogens is 2. The molecule has 0 aliphatic heterocycles. The van der Waals surface area contributed by atoms with Gasteiger partial charge in [0.05, 0.1) is 12.1 Å². The van der Waals surface area contributed by atoms with Crippen LogP contribution in [0.5, 0.6) is 0 Å². The van der Waals surface area contributed by atoms with Crippen molar-refractivity contribution in [1.29, 1.82) is 0 Å². The van der Waals surface area contributed by atoms with Crippen molar-refractivity contribution >= 4 is 16.8 Å². The van der Waals surface area contributed by atoms with Gasteiger partial charge >= 0.3 is 0 Å². The molecule has 1 atom stereocenters. The number of aliphatic hydroxyl groups is 1. The van der Waals surface area contributed by atoms with Gasteiger partial charge in [-0.3, -0.25) is 4.79 Å². The molecule has 6 heteroatoms. The largest absolute Gasteiger partial charge is 0.394 e. The minimum atomic E-state index is -0.363. The minimum absolute atomic E-state index is 0.135. The predicted octanol–water partition coefficient (Wildman–Crippen LogP) is 3.85. The van der Waals surface area contributed by atoms with E-state index in [0.717, 1.165) is 22.1 Å². The maximum absolute atomic E-state index is 14.4. The topological polar surface area (TPSA) is 65.1 Å². The summed E-state index contributed by atoms with van der Waals surface area (Å²) in [6.07, 6.45) is 0.584. The molecular formula is C21H22F2N2O2. The smallest absolute Gasteiger partial charge is 0.220 e. The zero-order valence-electron chi connectivity index (χ0n) is 15.3. The fourth-order valence-electron chi connectivity index (χ4n) is 3.20. The monoisotopic (exact) mass is 372 g/mol. The summed E-state index contributed by atoms with van der Waals surface area (Å²) in [5, 5.41) is 12.5. The van der Waals surface area contributed by atoms with Crippen LogP contribution in [-0.4, -0.2) is 28.6 Å². The van der Waals surface area contributed by atoms with Crippen molar-refractivity contribution in [3.63, 3.8) is 0 Å². The Kier molecular flexibility index (Phi) is 5.56. The van der Waals surface area contributed by atoms with Crippen LogP contribution in [0.15, 0.2) is 36.4 Å². The van der Waals surface area contributed by atoms with Crippen molar-refractivity contribution in [3.05, 3.63) is 59.2 Å². The molecule has 0 unspecified atom stereocenters. The number of fused-ring (bicyclic) bond motifs is 1. The van der Waals surface area contributed by atoms with Crippen LogP contribution >= 0.6 is 0 Å². The van der Waals surface area contributed by atoms with Gasteiger partial charge in [0.25, 0.3) is 0 Å². The first-order valence-electron chi connectivity index (χ1n) is 8.86. The van der Waals surface area contributed by atoms with E-state index in [-0.39, 0.29) is 36.6 Å². The zero-order chi connectivity index (χ0) is 19.6. The Balaban J connectivity index is 2.01. The van der Waals surface area contributed by atoms with Gasteiger partial charge in [0.2, 0.25) is 5.91 Å². The Morgan fingerprint density at radius 2 is 1.93 bits per heavy atom. The highest BCUT2D eigenvalue weighted by molar-refractivity contribution is 5.92. The maximum atomic E-state index is 14.4. The van der Waals surface area contributed by atoms with E-state index in [1.807, 2.05) is 13.0 Å². The van der Waals surface area contributed by atoms with Gasteiger partial charge in [0.15, 0.2) is 0 Å². The van der Waals surface area contributed by atoms with E-state index in [1.54, 1.807) is 19.1 Å². The summed E-state index contributed by atoms with van der Waals surface area (Å²) in [6.45, 7) is 3.39. The van der Waals surface area contributed by atoms with E-state index in [4.69, 9.17) is 5.11 Å². The summed E-state index contributed by atoms with van der Waals surface area (Å²) in [5.41, 5.74) is 3.37. The molecule has 0 bridgehead atoms. The highest BCUT2D eigenvalue weighted by Gasteiger charge is 2.18. The molecule has 0 fully saturated rings. The van der Waals surface area contributed by atoms with E-state index in [9.17, 15) is 13.6 Å². The highest BCUT2D eigenvalue weighted by Crippen LogP contribution is 2.33. The van der Waals surface area contributed by atoms with E-state index in [0.29, 0.717) is 17.6 Å². The molecule has 3 aromatic rings. The molecule has 2 aromatic carbocycles. The van der Waals surface area contributed by atoms with Crippen LogP contribution in [-0.2, 0) is 11.2 Å². The number of aliphatic hydroxyl groups excluding tert-OH is 1. The quantitative estimate of drug-likeness (QED) is 0.615. The van der Waals surface area contributed by atoms with Gasteiger partial charge in [-0.1, -0.05) is 0 Å². The van der Waals surface area contributed by atoms with Crippen molar-refractivity contribution in [1.82, 2.24) is 10.3 Å². The second kappa shape index (κ2) is 7.88. The molecular weight excluding hydrogens is 350 g/mol. The van der Waals surface area contributed by atoms with Crippen molar-refractivity contribution in [2.24, 2.45) is 0 Å². The van der Waals surface area contributed by atoms with E-state index in [1.165, 1.54) is 18.2 Å². The molecule has 0 saturated heterocycles. The first-order valence-corrected chi connectivity index (χ1v) is 8.86. The normalized spacial score (nSPS) is 12.3. The average Bonchev–Trinajstić information content (AvgIpc) is 2.99. The number of aromatic nitrogens is 1. The van der Waals surface area contributed by atoms with Crippen molar-refractivity contribution in [3.8, 4) is 11.3 Å². The van der Waals surface area contributed by atoms with Crippen LogP contribution < -0.4 is 5.32 Å². The van der Waals surface area contributed by atoms with Crippen LogP contribution in [0.4, 0.5) is 8.78 Å². The van der Waals surface area contributed by atoms with Gasteiger partial charge in [-0.2, -0.15) is 0 Å². The summed E-state index contributed by atoms with van der Waals surface area (Å²) in [5.74, 6) is -0.905. The Bertz CT molecular complexity index is 964. The summed E-state index contributed by atoms with van der Waals surface area (Å²) < 4.78 is 27.7. The summed E-state index contributed by atoms with van der Waals surface area (Å²) in [7, 11) is 0. The second-order valence-corrected chi connectivity index (χ2v) is 6.81. The lowest BCUT2D eigenvalue weighted by Crippen LogP contribution is -2.35. The lowest BCUT2D eigenvalue weighted by molar-refractivity contribution is -0.121. The SMILES string of the molecule is Cc1cc(F)c2[nH]c(-c3ccc(F)cc3)c(CCC(=O)N[C@H](C)CO)c2c1. The first kappa shape index (κ1) is 19.0. The van der Waals surface area contributed by atoms with Gasteiger partial charge in [0.1, 0.15) is 11.6 Å². The Hall–Kier alpha value is -2.73. The standard InChI is InChI=1S/C21H22F2N2O2/c1-12-9-17-16(7-8-19(27)24-13(2)11-26)20(25-21(17)18(23)10-12)14-3-5-15(22)6-4-14/h3-6,9-10,13,25-26H,7-8,11H2,1-2H3,(H,24,27)/t13-/m1/s1. The summed E-state index contributed by atoms with van der Waals surface area (Å²) in [6, 6.07) is 8.96. The number of aromatic amines is 1. The van der Waals surface area contributed by atoms with E-state index >= 15 is 0 Å². The third-order valence-electron chi connectivity index (χ3n) is 4.53. The summed E-state index contributed by atoms with van der Waals surface area (Å²) >= 11 is 0. The number of amides is 1. The van der Waals surface area contributed by atoms with E-state index in [2.05, 4.69) is 10.3 Å². The number of benzene rings is 2. The fourth-order valence-corrected chi connectivity index (χ4v) is 3.20. The van der Waals surface area contributed by atoms with Gasteiger partial charge < -0.3 is 15.4 Å². The molecule has 3 rings (SSSR count). The van der Waals surface area contributed by atoms with Gasteiger partial charge in [-0.05, 0) is 73.4 Å². The zero-order valence-corrected chi connectivity index (χ0v) is 15.3. The molecule has 0 aliphatic rings. The first-order chi connectivity index (χ1) is 12.9. The van der Waals surface area contributed by atoms with Crippen LogP contribution in [0.3, 0.4) is 0 Å². The Morgan fingerprint density at radius 1 is 1.22 bits per heavy atom. The highest BCUT2D eigenvalue weighted by atomic mass is 19.1. The molecule has 4 nitrogen and oxygen atoms in total. The van der Waals surface area contributed by atoms with Gasteiger partial charge in [-0.15, -0.1) is 0 Å². The Morgan fingerprint density at radius 3 is 2.59 bits per heavy atom. The predicted molar refractivity (Wildman–Crippen MR) is 101 cm³/mol. The number of hydrogen-bond acceptors (Lipinski definition) is 2. The molecule has 3 N–H and O–H groups in total. The van der Waals surface area contributed by atoms with Crippen LogP contribution in [0.25, 0.3) is 22.2 Å². The second-order valence-electron chi connectivity index (χ2n) is 6.81. The number of nitrogens with one attached hydrogen (secondary N) is 2. The molecule has 1 heterocycles. The lowest BCUT2D eigenvalue weighted by atomic mass is 10.00. The third kappa shape index (κ3) is 4.17. The van der Waals surface area contributed by atoms with Crippen LogP contribution in [0.1, 0.15) is 24.5 Å².